The van der Waals surface area contributed by atoms with Gasteiger partial charge in [0.05, 0.1) is 0 Å². The molecule has 0 radical (unpaired) electrons. The zero-order chi connectivity index (χ0) is 10.9. The van der Waals surface area contributed by atoms with Crippen LogP contribution < -0.4 is 0 Å². The first-order chi connectivity index (χ1) is 5.46. The lowest BCUT2D eigenvalue weighted by Crippen LogP contribution is -2.35. The number of hydrogen-bond donors (Lipinski definition) is 1. The Balaban J connectivity index is 4.77. The lowest BCUT2D eigenvalue weighted by molar-refractivity contribution is -0.255. The Bertz CT molecular complexity index is 236. The van der Waals surface area contributed by atoms with Crippen LogP contribution in [0.5, 0.6) is 0 Å². The summed E-state index contributed by atoms with van der Waals surface area (Å²) in [7, 11) is 0. The van der Waals surface area contributed by atoms with Crippen molar-refractivity contribution in [3.8, 4) is 11.8 Å². The van der Waals surface area contributed by atoms with Gasteiger partial charge >= 0.3 is 18.2 Å². The maximum absolute atomic E-state index is 11.7. The van der Waals surface area contributed by atoms with Gasteiger partial charge in [-0.05, 0) is 5.92 Å². The van der Waals surface area contributed by atoms with E-state index >= 15 is 0 Å². The van der Waals surface area contributed by atoms with Crippen LogP contribution in [0.3, 0.4) is 0 Å². The van der Waals surface area contributed by atoms with Crippen molar-refractivity contribution >= 4 is 0 Å². The van der Waals surface area contributed by atoms with Crippen molar-refractivity contribution in [2.75, 3.05) is 0 Å². The van der Waals surface area contributed by atoms with Gasteiger partial charge in [0, 0.05) is 5.92 Å². The van der Waals surface area contributed by atoms with E-state index in [1.807, 2.05) is 0 Å². The molecule has 0 amide bonds. The molecule has 13 heavy (non-hydrogen) atoms. The van der Waals surface area contributed by atoms with Gasteiger partial charge in [-0.1, -0.05) is 0 Å². The summed E-state index contributed by atoms with van der Waals surface area (Å²) in [5, 5.41) is 7.44. The van der Waals surface area contributed by atoms with Gasteiger partial charge in [0.25, 0.3) is 0 Å². The van der Waals surface area contributed by atoms with Gasteiger partial charge in [0.15, 0.2) is 0 Å². The number of hydrogen-bond acceptors (Lipinski definition) is 1. The van der Waals surface area contributed by atoms with Crippen LogP contribution >= 0.6 is 0 Å². The zero-order valence-electron chi connectivity index (χ0n) is 5.59. The van der Waals surface area contributed by atoms with E-state index in [2.05, 4.69) is 0 Å². The highest BCUT2D eigenvalue weighted by molar-refractivity contribution is 5.15. The van der Waals surface area contributed by atoms with Gasteiger partial charge in [-0.15, -0.1) is 0 Å². The molecule has 0 saturated heterocycles. The molecule has 0 atom stereocenters. The van der Waals surface area contributed by atoms with Crippen LogP contribution in [0.25, 0.3) is 0 Å². The molecule has 0 spiro atoms. The molecule has 0 bridgehead atoms. The normalized spacial score (nSPS) is 13.5. The topological polar surface area (TPSA) is 20.2 Å². The fourth-order valence-electron chi connectivity index (χ4n) is 0.225. The van der Waals surface area contributed by atoms with Crippen molar-refractivity contribution in [2.24, 2.45) is 0 Å². The first-order valence-electron chi connectivity index (χ1n) is 2.55. The molecular formula is C5HF7O. The molecule has 0 aliphatic carbocycles. The van der Waals surface area contributed by atoms with E-state index in [1.165, 1.54) is 0 Å². The Kier molecular flexibility index (Phi) is 2.84. The van der Waals surface area contributed by atoms with E-state index in [0.29, 0.717) is 0 Å². The lowest BCUT2D eigenvalue weighted by Gasteiger charge is -2.12. The molecule has 0 heterocycles. The van der Waals surface area contributed by atoms with Crippen LogP contribution in [-0.4, -0.2) is 23.3 Å². The summed E-state index contributed by atoms with van der Waals surface area (Å²) in [4.78, 5) is 0. The summed E-state index contributed by atoms with van der Waals surface area (Å²) >= 11 is 0. The molecule has 8 heteroatoms. The average Bonchev–Trinajstić information content (AvgIpc) is 1.79. The van der Waals surface area contributed by atoms with Crippen LogP contribution in [0.1, 0.15) is 0 Å². The third kappa shape index (κ3) is 3.98. The zero-order valence-corrected chi connectivity index (χ0v) is 5.59. The molecule has 0 aliphatic rings. The fourth-order valence-corrected chi connectivity index (χ4v) is 0.225. The van der Waals surface area contributed by atoms with Gasteiger partial charge in [-0.2, -0.15) is 30.7 Å². The molecule has 0 saturated carbocycles. The first-order valence-corrected chi connectivity index (χ1v) is 2.55. The quantitative estimate of drug-likeness (QED) is 0.477. The Morgan fingerprint density at radius 1 is 0.769 bits per heavy atom. The van der Waals surface area contributed by atoms with E-state index in [1.54, 1.807) is 0 Å². The predicted molar refractivity (Wildman–Crippen MR) is 25.9 cm³/mol. The van der Waals surface area contributed by atoms with Crippen molar-refractivity contribution in [3.05, 3.63) is 0 Å². The number of aliphatic hydroxyl groups is 1. The highest BCUT2D eigenvalue weighted by atomic mass is 19.4. The molecule has 76 valence electrons. The second-order valence-electron chi connectivity index (χ2n) is 1.86. The molecule has 1 N–H and O–H groups in total. The van der Waals surface area contributed by atoms with Crippen LogP contribution in [0.2, 0.25) is 0 Å². The van der Waals surface area contributed by atoms with Gasteiger partial charge in [-0.3, -0.25) is 0 Å². The second kappa shape index (κ2) is 3.06. The van der Waals surface area contributed by atoms with Crippen LogP contribution in [-0.2, 0) is 0 Å². The van der Waals surface area contributed by atoms with Crippen molar-refractivity contribution in [2.45, 2.75) is 18.2 Å². The summed E-state index contributed by atoms with van der Waals surface area (Å²) in [5.41, 5.74) is 0. The van der Waals surface area contributed by atoms with Crippen molar-refractivity contribution in [1.29, 1.82) is 0 Å². The third-order valence-electron chi connectivity index (χ3n) is 0.726. The summed E-state index contributed by atoms with van der Waals surface area (Å²) in [6.07, 6.45) is -10.9. The highest BCUT2D eigenvalue weighted by Gasteiger charge is 2.56. The Morgan fingerprint density at radius 2 is 1.15 bits per heavy atom. The number of rotatable bonds is 0. The van der Waals surface area contributed by atoms with Crippen LogP contribution in [0, 0.1) is 11.8 Å². The highest BCUT2D eigenvalue weighted by Crippen LogP contribution is 2.34. The van der Waals surface area contributed by atoms with Crippen molar-refractivity contribution < 1.29 is 35.8 Å². The van der Waals surface area contributed by atoms with Crippen molar-refractivity contribution in [1.82, 2.24) is 0 Å². The maximum atomic E-state index is 11.7. The largest absolute Gasteiger partial charge is 0.466 e. The van der Waals surface area contributed by atoms with E-state index in [4.69, 9.17) is 5.11 Å². The minimum absolute atomic E-state index is 0.0694. The predicted octanol–water partition coefficient (Wildman–Crippen LogP) is 1.77. The maximum Gasteiger partial charge on any atom is 0.466 e. The van der Waals surface area contributed by atoms with Gasteiger partial charge < -0.3 is 5.11 Å². The fraction of sp³-hybridized carbons (Fsp3) is 0.600. The van der Waals surface area contributed by atoms with E-state index in [-0.39, 0.29) is 11.8 Å². The summed E-state index contributed by atoms with van der Waals surface area (Å²) < 4.78 is 79.8. The molecule has 0 aromatic rings. The molecular weight excluding hydrogens is 209 g/mol. The minimum atomic E-state index is -6.04. The molecule has 0 fully saturated rings. The third-order valence-corrected chi connectivity index (χ3v) is 0.726. The Hall–Kier alpha value is -0.970. The summed E-state index contributed by atoms with van der Waals surface area (Å²) in [5.74, 6) is -5.55. The van der Waals surface area contributed by atoms with Crippen LogP contribution in [0.4, 0.5) is 30.7 Å². The minimum Gasteiger partial charge on any atom is -0.326 e. The van der Waals surface area contributed by atoms with Gasteiger partial charge in [0.2, 0.25) is 0 Å². The van der Waals surface area contributed by atoms with Crippen molar-refractivity contribution in [3.63, 3.8) is 0 Å². The number of alkyl halides is 7. The monoisotopic (exact) mass is 210 g/mol. The van der Waals surface area contributed by atoms with Crippen LogP contribution in [0.15, 0.2) is 0 Å². The SMILES string of the molecule is OC(F)(F)C#CC(F)(F)C(F)(F)F. The Labute approximate surface area is 67.2 Å². The molecule has 0 aliphatic heterocycles. The Morgan fingerprint density at radius 3 is 1.38 bits per heavy atom. The lowest BCUT2D eigenvalue weighted by atomic mass is 10.3. The van der Waals surface area contributed by atoms with Gasteiger partial charge in [0.1, 0.15) is 0 Å². The molecule has 1 nitrogen and oxygen atoms in total. The molecule has 0 aromatic heterocycles. The average molecular weight is 210 g/mol. The van der Waals surface area contributed by atoms with Gasteiger partial charge in [-0.25, -0.2) is 0 Å². The second-order valence-corrected chi connectivity index (χ2v) is 1.86. The summed E-state index contributed by atoms with van der Waals surface area (Å²) in [6.45, 7) is 0. The van der Waals surface area contributed by atoms with E-state index in [0.717, 1.165) is 0 Å². The molecule has 0 aromatic carbocycles. The standard InChI is InChI=1S/C5HF7O/c6-3(7,5(10,11)12)1-2-4(8,9)13/h13H. The number of halogens is 7. The van der Waals surface area contributed by atoms with E-state index < -0.39 is 18.2 Å². The first kappa shape index (κ1) is 12.0. The van der Waals surface area contributed by atoms with E-state index in [9.17, 15) is 30.7 Å². The smallest absolute Gasteiger partial charge is 0.326 e. The molecule has 0 unspecified atom stereocenters. The molecule has 0 rings (SSSR count). The summed E-state index contributed by atoms with van der Waals surface area (Å²) in [6, 6.07) is 0.